The summed E-state index contributed by atoms with van der Waals surface area (Å²) in [7, 11) is 0. The van der Waals surface area contributed by atoms with Gasteiger partial charge >= 0.3 is 0 Å². The number of likely N-dealkylation sites (tertiary alicyclic amines) is 2. The Morgan fingerprint density at radius 3 is 2.77 bits per heavy atom. The molecule has 3 aliphatic rings. The summed E-state index contributed by atoms with van der Waals surface area (Å²) in [5.41, 5.74) is 0.124. The first-order valence-electron chi connectivity index (χ1n) is 10.7. The number of aliphatic imine (C=N–C) groups is 1. The molecule has 0 aromatic carbocycles. The van der Waals surface area contributed by atoms with E-state index in [9.17, 15) is 4.79 Å². The van der Waals surface area contributed by atoms with Crippen molar-refractivity contribution in [2.75, 3.05) is 52.4 Å². The van der Waals surface area contributed by atoms with Gasteiger partial charge in [-0.1, -0.05) is 6.92 Å². The smallest absolute Gasteiger partial charge is 0.220 e. The first kappa shape index (κ1) is 19.5. The third-order valence-corrected chi connectivity index (χ3v) is 6.45. The van der Waals surface area contributed by atoms with Gasteiger partial charge in [0.1, 0.15) is 0 Å². The number of rotatable bonds is 5. The molecule has 0 radical (unpaired) electrons. The van der Waals surface area contributed by atoms with Gasteiger partial charge in [0, 0.05) is 44.6 Å². The van der Waals surface area contributed by atoms with Crippen molar-refractivity contribution in [3.8, 4) is 0 Å². The molecule has 0 saturated carbocycles. The molecule has 6 nitrogen and oxygen atoms in total. The molecule has 0 aromatic heterocycles. The van der Waals surface area contributed by atoms with E-state index in [0.717, 1.165) is 57.4 Å². The summed E-state index contributed by atoms with van der Waals surface area (Å²) in [6.45, 7) is 12.7. The Balaban J connectivity index is 1.52. The third kappa shape index (κ3) is 4.90. The summed E-state index contributed by atoms with van der Waals surface area (Å²) in [4.78, 5) is 21.6. The van der Waals surface area contributed by atoms with E-state index in [-0.39, 0.29) is 11.3 Å². The molecule has 3 heterocycles. The van der Waals surface area contributed by atoms with Gasteiger partial charge in [-0.05, 0) is 64.6 Å². The number of carbonyl (C=O) groups excluding carboxylic acids is 1. The molecule has 0 bridgehead atoms. The number of amides is 1. The number of hydrogen-bond acceptors (Lipinski definition) is 3. The van der Waals surface area contributed by atoms with Crippen LogP contribution in [-0.4, -0.2) is 74.0 Å². The van der Waals surface area contributed by atoms with Crippen LogP contribution in [0.25, 0.3) is 0 Å². The molecule has 6 heteroatoms. The molecule has 1 unspecified atom stereocenters. The molecule has 3 saturated heterocycles. The van der Waals surface area contributed by atoms with E-state index in [2.05, 4.69) is 34.3 Å². The molecule has 148 valence electrons. The number of guanidine groups is 1. The summed E-state index contributed by atoms with van der Waals surface area (Å²) in [5, 5.41) is 6.52. The Kier molecular flexibility index (Phi) is 6.79. The zero-order chi connectivity index (χ0) is 18.4. The Bertz CT molecular complexity index is 500. The number of nitrogens with zero attached hydrogens (tertiary/aromatic N) is 3. The predicted octanol–water partition coefficient (Wildman–Crippen LogP) is 1.68. The van der Waals surface area contributed by atoms with Crippen molar-refractivity contribution in [1.82, 2.24) is 20.4 Å². The minimum atomic E-state index is 0.124. The SMILES string of the molecule is CCNC(=NCCC1CCN(CC)CC1)N1CCCC2(CNC(=O)C2)C1. The fraction of sp³-hybridized carbons (Fsp3) is 0.900. The molecule has 0 aromatic rings. The van der Waals surface area contributed by atoms with Crippen molar-refractivity contribution in [2.24, 2.45) is 16.3 Å². The lowest BCUT2D eigenvalue weighted by Crippen LogP contribution is -2.51. The van der Waals surface area contributed by atoms with Crippen molar-refractivity contribution >= 4 is 11.9 Å². The van der Waals surface area contributed by atoms with Crippen molar-refractivity contribution in [3.05, 3.63) is 0 Å². The van der Waals surface area contributed by atoms with E-state index < -0.39 is 0 Å². The van der Waals surface area contributed by atoms with Gasteiger partial charge < -0.3 is 20.4 Å². The minimum Gasteiger partial charge on any atom is -0.357 e. The number of hydrogen-bond donors (Lipinski definition) is 2. The van der Waals surface area contributed by atoms with Crippen LogP contribution < -0.4 is 10.6 Å². The van der Waals surface area contributed by atoms with Gasteiger partial charge in [0.25, 0.3) is 0 Å². The van der Waals surface area contributed by atoms with Gasteiger partial charge in [0.15, 0.2) is 5.96 Å². The van der Waals surface area contributed by atoms with Crippen molar-refractivity contribution in [3.63, 3.8) is 0 Å². The van der Waals surface area contributed by atoms with Crippen LogP contribution in [0.5, 0.6) is 0 Å². The lowest BCUT2D eigenvalue weighted by molar-refractivity contribution is -0.119. The lowest BCUT2D eigenvalue weighted by atomic mass is 9.79. The van der Waals surface area contributed by atoms with Gasteiger partial charge in [0.05, 0.1) is 0 Å². The maximum absolute atomic E-state index is 11.7. The van der Waals surface area contributed by atoms with Crippen LogP contribution in [0.4, 0.5) is 0 Å². The van der Waals surface area contributed by atoms with Gasteiger partial charge in [-0.25, -0.2) is 0 Å². The van der Waals surface area contributed by atoms with Crippen LogP contribution in [0.3, 0.4) is 0 Å². The average Bonchev–Trinajstić information content (AvgIpc) is 3.01. The Labute approximate surface area is 158 Å². The summed E-state index contributed by atoms with van der Waals surface area (Å²) >= 11 is 0. The highest BCUT2D eigenvalue weighted by Crippen LogP contribution is 2.36. The average molecular weight is 364 g/mol. The van der Waals surface area contributed by atoms with Crippen LogP contribution in [0.2, 0.25) is 0 Å². The second-order valence-electron chi connectivity index (χ2n) is 8.38. The van der Waals surface area contributed by atoms with E-state index in [1.165, 1.54) is 38.9 Å². The fourth-order valence-corrected chi connectivity index (χ4v) is 4.80. The summed E-state index contributed by atoms with van der Waals surface area (Å²) in [5.74, 6) is 2.10. The summed E-state index contributed by atoms with van der Waals surface area (Å²) in [6.07, 6.45) is 6.82. The Morgan fingerprint density at radius 1 is 1.31 bits per heavy atom. The van der Waals surface area contributed by atoms with Crippen LogP contribution in [0.1, 0.15) is 52.4 Å². The standard InChI is InChI=1S/C20H37N5O/c1-3-21-19(22-10-6-17-7-12-24(4-2)13-8-17)25-11-5-9-20(16-25)14-18(26)23-15-20/h17H,3-16H2,1-2H3,(H,21,22)(H,23,26). The molecule has 26 heavy (non-hydrogen) atoms. The summed E-state index contributed by atoms with van der Waals surface area (Å²) in [6, 6.07) is 0. The van der Waals surface area contributed by atoms with Crippen LogP contribution >= 0.6 is 0 Å². The fourth-order valence-electron chi connectivity index (χ4n) is 4.80. The maximum atomic E-state index is 11.7. The molecular formula is C20H37N5O. The van der Waals surface area contributed by atoms with Crippen LogP contribution in [0, 0.1) is 11.3 Å². The minimum absolute atomic E-state index is 0.124. The van der Waals surface area contributed by atoms with Gasteiger partial charge in [0.2, 0.25) is 5.91 Å². The molecule has 2 N–H and O–H groups in total. The maximum Gasteiger partial charge on any atom is 0.220 e. The quantitative estimate of drug-likeness (QED) is 0.576. The Morgan fingerprint density at radius 2 is 2.12 bits per heavy atom. The number of nitrogens with one attached hydrogen (secondary N) is 2. The molecule has 3 aliphatic heterocycles. The highest BCUT2D eigenvalue weighted by Gasteiger charge is 2.42. The van der Waals surface area contributed by atoms with E-state index in [1.54, 1.807) is 0 Å². The van der Waals surface area contributed by atoms with Gasteiger partial charge in [-0.15, -0.1) is 0 Å². The third-order valence-electron chi connectivity index (χ3n) is 6.45. The molecule has 1 amide bonds. The first-order chi connectivity index (χ1) is 12.6. The predicted molar refractivity (Wildman–Crippen MR) is 106 cm³/mol. The molecule has 1 atom stereocenters. The van der Waals surface area contributed by atoms with Crippen molar-refractivity contribution < 1.29 is 4.79 Å². The Hall–Kier alpha value is -1.30. The monoisotopic (exact) mass is 363 g/mol. The summed E-state index contributed by atoms with van der Waals surface area (Å²) < 4.78 is 0. The first-order valence-corrected chi connectivity index (χ1v) is 10.7. The lowest BCUT2D eigenvalue weighted by Gasteiger charge is -2.40. The largest absolute Gasteiger partial charge is 0.357 e. The second kappa shape index (κ2) is 9.07. The van der Waals surface area contributed by atoms with E-state index in [1.807, 2.05) is 0 Å². The number of carbonyl (C=O) groups is 1. The highest BCUT2D eigenvalue weighted by atomic mass is 16.1. The van der Waals surface area contributed by atoms with Crippen LogP contribution in [0.15, 0.2) is 4.99 Å². The van der Waals surface area contributed by atoms with Gasteiger partial charge in [-0.2, -0.15) is 0 Å². The van der Waals surface area contributed by atoms with E-state index in [0.29, 0.717) is 6.42 Å². The molecule has 3 rings (SSSR count). The number of piperidine rings is 2. The zero-order valence-corrected chi connectivity index (χ0v) is 16.7. The second-order valence-corrected chi connectivity index (χ2v) is 8.38. The van der Waals surface area contributed by atoms with Gasteiger partial charge in [-0.3, -0.25) is 9.79 Å². The molecule has 1 spiro atoms. The molecular weight excluding hydrogens is 326 g/mol. The highest BCUT2D eigenvalue weighted by molar-refractivity contribution is 5.81. The van der Waals surface area contributed by atoms with Crippen molar-refractivity contribution in [1.29, 1.82) is 0 Å². The topological polar surface area (TPSA) is 60.0 Å². The van der Waals surface area contributed by atoms with E-state index in [4.69, 9.17) is 4.99 Å². The van der Waals surface area contributed by atoms with E-state index >= 15 is 0 Å². The zero-order valence-electron chi connectivity index (χ0n) is 16.7. The van der Waals surface area contributed by atoms with Crippen molar-refractivity contribution in [2.45, 2.75) is 52.4 Å². The molecule has 3 fully saturated rings. The molecule has 0 aliphatic carbocycles. The van der Waals surface area contributed by atoms with Crippen LogP contribution in [-0.2, 0) is 4.79 Å². The normalized spacial score (nSPS) is 28.6.